The second-order valence-corrected chi connectivity index (χ2v) is 4.97. The van der Waals surface area contributed by atoms with Crippen LogP contribution in [0.4, 0.5) is 4.39 Å². The Bertz CT molecular complexity index is 402. The van der Waals surface area contributed by atoms with Crippen molar-refractivity contribution < 1.29 is 14.2 Å². The second kappa shape index (κ2) is 4.41. The highest BCUT2D eigenvalue weighted by molar-refractivity contribution is 9.10. The molecule has 5 heteroatoms. The van der Waals surface area contributed by atoms with Crippen molar-refractivity contribution in [1.82, 2.24) is 0 Å². The number of nitrogens with two attached hydrogens (primary N) is 1. The standard InChI is InChI=1S/C11H13BrFNO2/c12-8-1-2-10(13)9(3-8)11(14)6-16-5-7(11)4-15/h1-3,7,15H,4-6,14H2/t7-,11+/m1/s1. The molecule has 3 nitrogen and oxygen atoms in total. The molecule has 2 rings (SSSR count). The van der Waals surface area contributed by atoms with Gasteiger partial charge in [0.2, 0.25) is 0 Å². The van der Waals surface area contributed by atoms with Crippen molar-refractivity contribution in [2.45, 2.75) is 5.54 Å². The first-order valence-electron chi connectivity index (χ1n) is 5.01. The highest BCUT2D eigenvalue weighted by atomic mass is 79.9. The van der Waals surface area contributed by atoms with E-state index in [9.17, 15) is 9.50 Å². The van der Waals surface area contributed by atoms with Gasteiger partial charge in [0, 0.05) is 16.0 Å². The molecule has 1 saturated heterocycles. The first-order valence-corrected chi connectivity index (χ1v) is 5.80. The van der Waals surface area contributed by atoms with Gasteiger partial charge in [-0.2, -0.15) is 0 Å². The summed E-state index contributed by atoms with van der Waals surface area (Å²) >= 11 is 3.28. The van der Waals surface area contributed by atoms with E-state index in [1.165, 1.54) is 6.07 Å². The summed E-state index contributed by atoms with van der Waals surface area (Å²) in [5.41, 5.74) is 5.60. The SMILES string of the molecule is N[C@@]1(c2cc(Br)ccc2F)COC[C@H]1CO. The summed E-state index contributed by atoms with van der Waals surface area (Å²) in [6, 6.07) is 4.62. The number of aliphatic hydroxyl groups is 1. The average Bonchev–Trinajstić information content (AvgIpc) is 2.64. The van der Waals surface area contributed by atoms with Crippen LogP contribution in [0.15, 0.2) is 22.7 Å². The molecular formula is C11H13BrFNO2. The van der Waals surface area contributed by atoms with Crippen molar-refractivity contribution in [2.24, 2.45) is 11.7 Å². The number of hydrogen-bond acceptors (Lipinski definition) is 3. The highest BCUT2D eigenvalue weighted by Crippen LogP contribution is 2.35. The fourth-order valence-electron chi connectivity index (χ4n) is 2.00. The van der Waals surface area contributed by atoms with Gasteiger partial charge in [0.25, 0.3) is 0 Å². The normalized spacial score (nSPS) is 29.6. The maximum absolute atomic E-state index is 13.7. The van der Waals surface area contributed by atoms with E-state index >= 15 is 0 Å². The van der Waals surface area contributed by atoms with Gasteiger partial charge in [-0.25, -0.2) is 4.39 Å². The summed E-state index contributed by atoms with van der Waals surface area (Å²) in [5, 5.41) is 9.23. The maximum atomic E-state index is 13.7. The molecule has 2 atom stereocenters. The van der Waals surface area contributed by atoms with Crippen LogP contribution in [0, 0.1) is 11.7 Å². The summed E-state index contributed by atoms with van der Waals surface area (Å²) in [4.78, 5) is 0. The molecule has 1 fully saturated rings. The van der Waals surface area contributed by atoms with Gasteiger partial charge in [0.1, 0.15) is 5.82 Å². The molecule has 0 spiro atoms. The molecule has 1 aromatic carbocycles. The van der Waals surface area contributed by atoms with Gasteiger partial charge in [-0.3, -0.25) is 0 Å². The second-order valence-electron chi connectivity index (χ2n) is 4.06. The van der Waals surface area contributed by atoms with Crippen molar-refractivity contribution >= 4 is 15.9 Å². The lowest BCUT2D eigenvalue weighted by atomic mass is 9.81. The Kier molecular flexibility index (Phi) is 3.30. The zero-order chi connectivity index (χ0) is 11.8. The fourth-order valence-corrected chi connectivity index (χ4v) is 2.37. The third-order valence-corrected chi connectivity index (χ3v) is 3.53. The monoisotopic (exact) mass is 289 g/mol. The Morgan fingerprint density at radius 1 is 1.62 bits per heavy atom. The molecule has 1 aromatic rings. The van der Waals surface area contributed by atoms with Crippen molar-refractivity contribution in [3.63, 3.8) is 0 Å². The molecule has 0 radical (unpaired) electrons. The lowest BCUT2D eigenvalue weighted by Gasteiger charge is -2.29. The highest BCUT2D eigenvalue weighted by Gasteiger charge is 2.43. The summed E-state index contributed by atoms with van der Waals surface area (Å²) in [7, 11) is 0. The van der Waals surface area contributed by atoms with Gasteiger partial charge in [-0.05, 0) is 18.2 Å². The van der Waals surface area contributed by atoms with E-state index in [4.69, 9.17) is 10.5 Å². The van der Waals surface area contributed by atoms with Gasteiger partial charge in [0.15, 0.2) is 0 Å². The largest absolute Gasteiger partial charge is 0.396 e. The van der Waals surface area contributed by atoms with E-state index in [0.29, 0.717) is 12.2 Å². The van der Waals surface area contributed by atoms with E-state index in [-0.39, 0.29) is 24.9 Å². The molecular weight excluding hydrogens is 277 g/mol. The Morgan fingerprint density at radius 3 is 3.06 bits per heavy atom. The van der Waals surface area contributed by atoms with Crippen LogP contribution in [-0.4, -0.2) is 24.9 Å². The smallest absolute Gasteiger partial charge is 0.128 e. The molecule has 0 aliphatic carbocycles. The van der Waals surface area contributed by atoms with Crippen molar-refractivity contribution in [3.05, 3.63) is 34.1 Å². The summed E-state index contributed by atoms with van der Waals surface area (Å²) < 4.78 is 19.7. The summed E-state index contributed by atoms with van der Waals surface area (Å²) in [6.45, 7) is 0.479. The minimum absolute atomic E-state index is 0.109. The number of rotatable bonds is 2. The topological polar surface area (TPSA) is 55.5 Å². The van der Waals surface area contributed by atoms with E-state index < -0.39 is 5.54 Å². The van der Waals surface area contributed by atoms with E-state index in [1.807, 2.05) is 0 Å². The van der Waals surface area contributed by atoms with Gasteiger partial charge in [-0.15, -0.1) is 0 Å². The van der Waals surface area contributed by atoms with Gasteiger partial charge >= 0.3 is 0 Å². The molecule has 3 N–H and O–H groups in total. The third-order valence-electron chi connectivity index (χ3n) is 3.04. The number of halogens is 2. The minimum Gasteiger partial charge on any atom is -0.396 e. The van der Waals surface area contributed by atoms with E-state index in [2.05, 4.69) is 15.9 Å². The third kappa shape index (κ3) is 1.88. The van der Waals surface area contributed by atoms with Crippen LogP contribution in [0.25, 0.3) is 0 Å². The number of aliphatic hydroxyl groups excluding tert-OH is 1. The predicted molar refractivity (Wildman–Crippen MR) is 61.4 cm³/mol. The molecule has 88 valence electrons. The van der Waals surface area contributed by atoms with E-state index in [0.717, 1.165) is 4.47 Å². The van der Waals surface area contributed by atoms with Crippen LogP contribution < -0.4 is 5.73 Å². The summed E-state index contributed by atoms with van der Waals surface area (Å²) in [6.07, 6.45) is 0. The Labute approximate surface area is 102 Å². The lowest BCUT2D eigenvalue weighted by molar-refractivity contribution is 0.160. The average molecular weight is 290 g/mol. The zero-order valence-electron chi connectivity index (χ0n) is 8.62. The van der Waals surface area contributed by atoms with Crippen LogP contribution in [0.1, 0.15) is 5.56 Å². The Hall–Kier alpha value is -0.490. The Balaban J connectivity index is 2.45. The lowest BCUT2D eigenvalue weighted by Crippen LogP contribution is -2.46. The van der Waals surface area contributed by atoms with Crippen molar-refractivity contribution in [2.75, 3.05) is 19.8 Å². The number of ether oxygens (including phenoxy) is 1. The summed E-state index contributed by atoms with van der Waals surface area (Å²) in [5.74, 6) is -0.633. The molecule has 0 aromatic heterocycles. The molecule has 0 saturated carbocycles. The van der Waals surface area contributed by atoms with Crippen molar-refractivity contribution in [1.29, 1.82) is 0 Å². The predicted octanol–water partition coefficient (Wildman–Crippen LogP) is 1.38. The number of hydrogen-bond donors (Lipinski definition) is 2. The molecule has 1 aliphatic rings. The van der Waals surface area contributed by atoms with Crippen molar-refractivity contribution in [3.8, 4) is 0 Å². The zero-order valence-corrected chi connectivity index (χ0v) is 10.2. The maximum Gasteiger partial charge on any atom is 0.128 e. The van der Waals surface area contributed by atoms with Gasteiger partial charge in [-0.1, -0.05) is 15.9 Å². The molecule has 0 unspecified atom stereocenters. The fraction of sp³-hybridized carbons (Fsp3) is 0.455. The quantitative estimate of drug-likeness (QED) is 0.865. The first kappa shape index (κ1) is 12.0. The van der Waals surface area contributed by atoms with E-state index in [1.54, 1.807) is 12.1 Å². The van der Waals surface area contributed by atoms with Gasteiger partial charge < -0.3 is 15.6 Å². The van der Waals surface area contributed by atoms with Crippen LogP contribution in [0.3, 0.4) is 0 Å². The van der Waals surface area contributed by atoms with Crippen LogP contribution in [-0.2, 0) is 10.3 Å². The minimum atomic E-state index is -0.942. The molecule has 1 aliphatic heterocycles. The molecule has 16 heavy (non-hydrogen) atoms. The van der Waals surface area contributed by atoms with Crippen LogP contribution in [0.5, 0.6) is 0 Å². The first-order chi connectivity index (χ1) is 7.58. The van der Waals surface area contributed by atoms with Crippen LogP contribution in [0.2, 0.25) is 0 Å². The Morgan fingerprint density at radius 2 is 2.38 bits per heavy atom. The molecule has 0 bridgehead atoms. The van der Waals surface area contributed by atoms with Gasteiger partial charge in [0.05, 0.1) is 25.4 Å². The van der Waals surface area contributed by atoms with Crippen LogP contribution >= 0.6 is 15.9 Å². The molecule has 1 heterocycles. The molecule has 0 amide bonds. The number of benzene rings is 1.